The summed E-state index contributed by atoms with van der Waals surface area (Å²) in [5, 5.41) is 5.52. The number of rotatable bonds is 9. The summed E-state index contributed by atoms with van der Waals surface area (Å²) in [4.78, 5) is 26.3. The molecule has 3 N–H and O–H groups in total. The molecule has 8 nitrogen and oxygen atoms in total. The smallest absolute Gasteiger partial charge is 0.266 e. The SMILES string of the molecule is CCNC(=O)C1=C/C=C\C=C(C(=O)NCCN(CCS(=O)(=O)O)C(C)(C)C)/C=C\1. The van der Waals surface area contributed by atoms with Crippen LogP contribution in [-0.4, -0.2) is 67.2 Å². The molecule has 9 heteroatoms. The Morgan fingerprint density at radius 2 is 1.52 bits per heavy atom. The largest absolute Gasteiger partial charge is 0.352 e. The van der Waals surface area contributed by atoms with Gasteiger partial charge in [-0.25, -0.2) is 0 Å². The van der Waals surface area contributed by atoms with Gasteiger partial charge >= 0.3 is 0 Å². The van der Waals surface area contributed by atoms with E-state index < -0.39 is 10.1 Å². The van der Waals surface area contributed by atoms with Gasteiger partial charge in [0.1, 0.15) is 0 Å². The van der Waals surface area contributed by atoms with Crippen LogP contribution in [0.2, 0.25) is 0 Å². The fraction of sp³-hybridized carbons (Fsp3) is 0.500. The quantitative estimate of drug-likeness (QED) is 0.478. The summed E-state index contributed by atoms with van der Waals surface area (Å²) in [6.45, 7) is 9.01. The van der Waals surface area contributed by atoms with E-state index in [1.807, 2.05) is 32.6 Å². The van der Waals surface area contributed by atoms with Crippen LogP contribution in [0.25, 0.3) is 0 Å². The van der Waals surface area contributed by atoms with Crippen LogP contribution in [0.1, 0.15) is 27.7 Å². The van der Waals surface area contributed by atoms with E-state index >= 15 is 0 Å². The van der Waals surface area contributed by atoms with Crippen LogP contribution in [0.5, 0.6) is 0 Å². The average Bonchev–Trinajstić information content (AvgIpc) is 2.55. The third-order valence-corrected chi connectivity index (χ3v) is 4.90. The fourth-order valence-electron chi connectivity index (χ4n) is 2.59. The van der Waals surface area contributed by atoms with E-state index in [4.69, 9.17) is 4.55 Å². The molecule has 0 aliphatic heterocycles. The first-order valence-corrected chi connectivity index (χ1v) is 11.1. The van der Waals surface area contributed by atoms with E-state index in [2.05, 4.69) is 10.6 Å². The zero-order valence-electron chi connectivity index (χ0n) is 17.4. The van der Waals surface area contributed by atoms with Crippen LogP contribution in [0.4, 0.5) is 0 Å². The number of allylic oxidation sites excluding steroid dienone is 4. The Bertz CT molecular complexity index is 818. The molecule has 1 rings (SSSR count). The van der Waals surface area contributed by atoms with Gasteiger partial charge in [-0.05, 0) is 52.0 Å². The zero-order chi connectivity index (χ0) is 22.1. The van der Waals surface area contributed by atoms with Crippen molar-refractivity contribution in [2.75, 3.05) is 31.9 Å². The minimum Gasteiger partial charge on any atom is -0.352 e. The Kier molecular flexibility index (Phi) is 9.48. The van der Waals surface area contributed by atoms with Crippen LogP contribution >= 0.6 is 0 Å². The number of amides is 2. The summed E-state index contributed by atoms with van der Waals surface area (Å²) in [7, 11) is -4.05. The lowest BCUT2D eigenvalue weighted by molar-refractivity contribution is -0.118. The highest BCUT2D eigenvalue weighted by Gasteiger charge is 2.22. The Balaban J connectivity index is 2.68. The molecule has 0 spiro atoms. The molecule has 1 aliphatic carbocycles. The molecule has 29 heavy (non-hydrogen) atoms. The molecular weight excluding hydrogens is 394 g/mol. The van der Waals surface area contributed by atoms with Crippen molar-refractivity contribution >= 4 is 21.9 Å². The topological polar surface area (TPSA) is 116 Å². The monoisotopic (exact) mass is 425 g/mol. The van der Waals surface area contributed by atoms with Crippen molar-refractivity contribution in [3.8, 4) is 0 Å². The third kappa shape index (κ3) is 9.69. The maximum atomic E-state index is 12.5. The number of carbonyl (C=O) groups is 2. The molecule has 1 aliphatic rings. The highest BCUT2D eigenvalue weighted by atomic mass is 32.2. The first-order valence-electron chi connectivity index (χ1n) is 9.47. The van der Waals surface area contributed by atoms with Crippen LogP contribution in [0, 0.1) is 0 Å². The van der Waals surface area contributed by atoms with Gasteiger partial charge in [-0.15, -0.1) is 0 Å². The number of likely N-dealkylation sites (N-methyl/N-ethyl adjacent to an activating group) is 1. The molecule has 0 unspecified atom stereocenters. The zero-order valence-corrected chi connectivity index (χ0v) is 18.3. The van der Waals surface area contributed by atoms with Crippen molar-refractivity contribution in [3.05, 3.63) is 47.6 Å². The highest BCUT2D eigenvalue weighted by molar-refractivity contribution is 7.85. The second-order valence-corrected chi connectivity index (χ2v) is 9.09. The molecular formula is C20H31N3O5S. The summed E-state index contributed by atoms with van der Waals surface area (Å²) >= 11 is 0. The number of hydrogen-bond donors (Lipinski definition) is 3. The molecule has 0 aromatic heterocycles. The van der Waals surface area contributed by atoms with E-state index in [0.29, 0.717) is 30.8 Å². The van der Waals surface area contributed by atoms with Crippen LogP contribution in [0.15, 0.2) is 47.6 Å². The molecule has 0 heterocycles. The lowest BCUT2D eigenvalue weighted by atomic mass is 10.1. The predicted molar refractivity (Wildman–Crippen MR) is 114 cm³/mol. The van der Waals surface area contributed by atoms with Gasteiger partial charge in [0.2, 0.25) is 0 Å². The van der Waals surface area contributed by atoms with Crippen LogP contribution in [-0.2, 0) is 19.7 Å². The van der Waals surface area contributed by atoms with Gasteiger partial charge in [-0.3, -0.25) is 19.0 Å². The summed E-state index contributed by atoms with van der Waals surface area (Å²) in [5.74, 6) is -0.882. The summed E-state index contributed by atoms with van der Waals surface area (Å²) in [6, 6.07) is 0. The van der Waals surface area contributed by atoms with Crippen molar-refractivity contribution in [3.63, 3.8) is 0 Å². The summed E-state index contributed by atoms with van der Waals surface area (Å²) < 4.78 is 31.0. The van der Waals surface area contributed by atoms with Crippen LogP contribution < -0.4 is 10.6 Å². The maximum Gasteiger partial charge on any atom is 0.266 e. The summed E-state index contributed by atoms with van der Waals surface area (Å²) in [5.41, 5.74) is 0.520. The summed E-state index contributed by atoms with van der Waals surface area (Å²) in [6.07, 6.45) is 9.87. The van der Waals surface area contributed by atoms with Crippen molar-refractivity contribution in [2.45, 2.75) is 33.2 Å². The molecule has 0 aromatic rings. The Morgan fingerprint density at radius 3 is 1.97 bits per heavy atom. The lowest BCUT2D eigenvalue weighted by Crippen LogP contribution is -2.47. The third-order valence-electron chi connectivity index (χ3n) is 4.20. The predicted octanol–water partition coefficient (Wildman–Crippen LogP) is 1.21. The molecule has 162 valence electrons. The molecule has 0 radical (unpaired) electrons. The van der Waals surface area contributed by atoms with Gasteiger partial charge in [-0.2, -0.15) is 8.42 Å². The molecule has 2 amide bonds. The van der Waals surface area contributed by atoms with Gasteiger partial charge in [0.25, 0.3) is 21.9 Å². The molecule has 0 saturated heterocycles. The van der Waals surface area contributed by atoms with Gasteiger partial charge < -0.3 is 10.6 Å². The lowest BCUT2D eigenvalue weighted by Gasteiger charge is -2.35. The van der Waals surface area contributed by atoms with Gasteiger partial charge in [0, 0.05) is 42.9 Å². The fourth-order valence-corrected chi connectivity index (χ4v) is 3.04. The van der Waals surface area contributed by atoms with Crippen molar-refractivity contribution < 1.29 is 22.6 Å². The minimum atomic E-state index is -4.05. The minimum absolute atomic E-state index is 0.157. The van der Waals surface area contributed by atoms with Crippen molar-refractivity contribution in [1.82, 2.24) is 15.5 Å². The number of nitrogens with one attached hydrogen (secondary N) is 2. The van der Waals surface area contributed by atoms with Crippen molar-refractivity contribution in [1.29, 1.82) is 0 Å². The van der Waals surface area contributed by atoms with Gasteiger partial charge in [-0.1, -0.05) is 12.2 Å². The molecule has 0 fully saturated rings. The first kappa shape index (κ1) is 24.8. The van der Waals surface area contributed by atoms with Crippen molar-refractivity contribution in [2.24, 2.45) is 0 Å². The molecule has 0 atom stereocenters. The average molecular weight is 426 g/mol. The second-order valence-electron chi connectivity index (χ2n) is 7.52. The Labute approximate surface area is 173 Å². The number of carbonyl (C=O) groups excluding carboxylic acids is 2. The molecule has 0 aromatic carbocycles. The van der Waals surface area contributed by atoms with E-state index in [-0.39, 0.29) is 29.7 Å². The van der Waals surface area contributed by atoms with Gasteiger partial charge in [0.15, 0.2) is 0 Å². The Hall–Kier alpha value is -2.23. The number of nitrogens with zero attached hydrogens (tertiary/aromatic N) is 1. The Morgan fingerprint density at radius 1 is 1.00 bits per heavy atom. The second kappa shape index (κ2) is 11.1. The van der Waals surface area contributed by atoms with Crippen LogP contribution in [0.3, 0.4) is 0 Å². The highest BCUT2D eigenvalue weighted by Crippen LogP contribution is 2.13. The normalized spacial score (nSPS) is 20.5. The molecule has 0 bridgehead atoms. The van der Waals surface area contributed by atoms with Gasteiger partial charge in [0.05, 0.1) is 5.75 Å². The van der Waals surface area contributed by atoms with E-state index in [9.17, 15) is 18.0 Å². The van der Waals surface area contributed by atoms with E-state index in [1.165, 1.54) is 0 Å². The standard InChI is InChI=1S/C20H31N3O5S/c1-5-21-18(24)16-8-6-7-9-17(11-10-16)19(25)22-12-13-23(20(2,3)4)14-15-29(26,27)28/h6-11H,5,12-15H2,1-4H3,(H,21,24)(H,22,25)(H,26,27,28)/b7-6-,8-6?,9-7?,11-10-,16-8+,16-10?,17-9+,17-11?. The maximum absolute atomic E-state index is 12.5. The number of hydrogen-bond acceptors (Lipinski definition) is 5. The first-order chi connectivity index (χ1) is 13.4. The van der Waals surface area contributed by atoms with E-state index in [0.717, 1.165) is 0 Å². The van der Waals surface area contributed by atoms with E-state index in [1.54, 1.807) is 36.5 Å². The molecule has 0 saturated carbocycles.